The van der Waals surface area contributed by atoms with E-state index < -0.39 is 16.7 Å². The molecular weight excluding hydrogens is 365 g/mol. The van der Waals surface area contributed by atoms with Gasteiger partial charge in [0.25, 0.3) is 0 Å². The van der Waals surface area contributed by atoms with Crippen LogP contribution in [0.1, 0.15) is 38.5 Å². The molecule has 2 fully saturated rings. The molecule has 150 valence electrons. The quantitative estimate of drug-likeness (QED) is 0.718. The lowest BCUT2D eigenvalue weighted by Crippen LogP contribution is -2.63. The van der Waals surface area contributed by atoms with E-state index in [1.165, 1.54) is 18.6 Å². The average Bonchev–Trinajstić information content (AvgIpc) is 2.69. The Hall–Kier alpha value is -1.15. The third kappa shape index (κ3) is 5.02. The molecule has 2 aliphatic rings. The zero-order chi connectivity index (χ0) is 19.3. The average molecular weight is 396 g/mol. The van der Waals surface area contributed by atoms with Crippen LogP contribution >= 0.6 is 0 Å². The Bertz CT molecular complexity index is 614. The van der Waals surface area contributed by atoms with Crippen LogP contribution in [0.5, 0.6) is 0 Å². The lowest BCUT2D eigenvalue weighted by Gasteiger charge is -2.48. The van der Waals surface area contributed by atoms with E-state index >= 15 is 0 Å². The molecule has 2 saturated heterocycles. The van der Waals surface area contributed by atoms with Gasteiger partial charge in [0.2, 0.25) is 5.91 Å². The number of primary amides is 1. The molecule has 1 aromatic carbocycles. The number of hydrogen-bond donors (Lipinski definition) is 1. The highest BCUT2D eigenvalue weighted by atomic mass is 32.2. The monoisotopic (exact) mass is 395 g/mol. The van der Waals surface area contributed by atoms with Crippen LogP contribution in [-0.4, -0.2) is 64.3 Å². The molecule has 0 aliphatic carbocycles. The largest absolute Gasteiger partial charge is 0.611 e. The number of nitrogens with zero attached hydrogens (tertiary/aromatic N) is 2. The van der Waals surface area contributed by atoms with Crippen LogP contribution in [0, 0.1) is 5.82 Å². The maximum atomic E-state index is 13.0. The summed E-state index contributed by atoms with van der Waals surface area (Å²) in [6, 6.07) is 5.88. The minimum atomic E-state index is -1.10. The van der Waals surface area contributed by atoms with Crippen molar-refractivity contribution < 1.29 is 13.7 Å². The topological polar surface area (TPSA) is 72.6 Å². The van der Waals surface area contributed by atoms with Gasteiger partial charge in [0, 0.05) is 26.1 Å². The Kier molecular flexibility index (Phi) is 7.14. The molecule has 27 heavy (non-hydrogen) atoms. The molecule has 0 aromatic heterocycles. The molecule has 0 radical (unpaired) electrons. The highest BCUT2D eigenvalue weighted by Gasteiger charge is 2.44. The molecule has 0 bridgehead atoms. The van der Waals surface area contributed by atoms with E-state index in [0.717, 1.165) is 64.8 Å². The van der Waals surface area contributed by atoms with Gasteiger partial charge in [0.05, 0.1) is 0 Å². The van der Waals surface area contributed by atoms with Crippen molar-refractivity contribution in [2.24, 2.45) is 5.73 Å². The Balaban J connectivity index is 1.45. The molecule has 2 heterocycles. The van der Waals surface area contributed by atoms with E-state index in [4.69, 9.17) is 5.73 Å². The fourth-order valence-corrected chi connectivity index (χ4v) is 5.38. The van der Waals surface area contributed by atoms with E-state index in [0.29, 0.717) is 10.6 Å². The van der Waals surface area contributed by atoms with Crippen molar-refractivity contribution >= 4 is 17.1 Å². The Labute approximate surface area is 164 Å². The first-order valence-corrected chi connectivity index (χ1v) is 11.2. The van der Waals surface area contributed by atoms with Crippen molar-refractivity contribution in [3.8, 4) is 0 Å². The summed E-state index contributed by atoms with van der Waals surface area (Å²) in [6.45, 7) is 4.51. The summed E-state index contributed by atoms with van der Waals surface area (Å²) in [7, 11) is 0. The summed E-state index contributed by atoms with van der Waals surface area (Å²) in [6.07, 6.45) is 5.91. The van der Waals surface area contributed by atoms with Crippen LogP contribution in [0.3, 0.4) is 0 Å². The normalized spacial score (nSPS) is 22.4. The fraction of sp³-hybridized carbons (Fsp3) is 0.650. The van der Waals surface area contributed by atoms with E-state index in [2.05, 4.69) is 9.80 Å². The second kappa shape index (κ2) is 9.37. The third-order valence-electron chi connectivity index (χ3n) is 5.98. The first-order valence-electron chi connectivity index (χ1n) is 9.92. The van der Waals surface area contributed by atoms with Gasteiger partial charge in [-0.2, -0.15) is 0 Å². The van der Waals surface area contributed by atoms with Gasteiger partial charge in [-0.3, -0.25) is 9.69 Å². The molecule has 0 spiro atoms. The molecule has 2 N–H and O–H groups in total. The zero-order valence-corrected chi connectivity index (χ0v) is 16.7. The smallest absolute Gasteiger partial charge is 0.238 e. The summed E-state index contributed by atoms with van der Waals surface area (Å²) in [4.78, 5) is 17.6. The van der Waals surface area contributed by atoms with Crippen molar-refractivity contribution in [3.63, 3.8) is 0 Å². The van der Waals surface area contributed by atoms with Gasteiger partial charge < -0.3 is 15.2 Å². The van der Waals surface area contributed by atoms with Crippen LogP contribution in [0.4, 0.5) is 4.39 Å². The lowest BCUT2D eigenvalue weighted by atomic mass is 9.83. The van der Waals surface area contributed by atoms with Crippen molar-refractivity contribution in [2.75, 3.05) is 38.5 Å². The van der Waals surface area contributed by atoms with E-state index in [9.17, 15) is 13.7 Å². The molecule has 3 rings (SSSR count). The number of amides is 1. The van der Waals surface area contributed by atoms with Gasteiger partial charge in [-0.1, -0.05) is 6.42 Å². The first-order chi connectivity index (χ1) is 13.0. The van der Waals surface area contributed by atoms with Crippen molar-refractivity contribution in [2.45, 2.75) is 49.0 Å². The number of carbonyl (C=O) groups is 1. The number of halogens is 1. The number of hydrogen-bond acceptors (Lipinski definition) is 4. The summed E-state index contributed by atoms with van der Waals surface area (Å²) < 4.78 is 25.3. The van der Waals surface area contributed by atoms with Gasteiger partial charge in [-0.05, 0) is 74.2 Å². The molecule has 5 nitrogen and oxygen atoms in total. The van der Waals surface area contributed by atoms with Gasteiger partial charge in [-0.15, -0.1) is 0 Å². The molecule has 1 atom stereocenters. The standard InChI is InChI=1S/C20H30FN3O2S/c21-17-5-7-18(8-6-17)27(26)16-4-11-23-14-9-20(10-15-23,19(22)25)24-12-2-1-3-13-24/h5-8H,1-4,9-16H2,(H2,22,25). The number of carbonyl (C=O) groups excluding carboxylic acids is 1. The van der Waals surface area contributed by atoms with Gasteiger partial charge in [-0.25, -0.2) is 4.39 Å². The second-order valence-corrected chi connectivity index (χ2v) is 9.21. The number of nitrogens with two attached hydrogens (primary N) is 1. The summed E-state index contributed by atoms with van der Waals surface area (Å²) in [5.74, 6) is 0.0760. The lowest BCUT2D eigenvalue weighted by molar-refractivity contribution is -0.134. The van der Waals surface area contributed by atoms with Crippen LogP contribution in [0.15, 0.2) is 29.2 Å². The summed E-state index contributed by atoms with van der Waals surface area (Å²) in [5, 5.41) is 0. The Morgan fingerprint density at radius 3 is 2.33 bits per heavy atom. The molecule has 1 unspecified atom stereocenters. The molecule has 0 saturated carbocycles. The predicted molar refractivity (Wildman–Crippen MR) is 105 cm³/mol. The molecular formula is C20H30FN3O2S. The van der Waals surface area contributed by atoms with Crippen molar-refractivity contribution in [1.29, 1.82) is 0 Å². The highest BCUT2D eigenvalue weighted by molar-refractivity contribution is 7.91. The Morgan fingerprint density at radius 1 is 1.11 bits per heavy atom. The first kappa shape index (κ1) is 20.6. The van der Waals surface area contributed by atoms with Crippen LogP contribution in [0.25, 0.3) is 0 Å². The highest BCUT2D eigenvalue weighted by Crippen LogP contribution is 2.31. The van der Waals surface area contributed by atoms with E-state index in [-0.39, 0.29) is 11.7 Å². The Morgan fingerprint density at radius 2 is 1.74 bits per heavy atom. The zero-order valence-electron chi connectivity index (χ0n) is 15.9. The number of rotatable bonds is 7. The van der Waals surface area contributed by atoms with Crippen molar-refractivity contribution in [1.82, 2.24) is 9.80 Å². The van der Waals surface area contributed by atoms with Crippen LogP contribution in [0.2, 0.25) is 0 Å². The minimum absolute atomic E-state index is 0.179. The molecule has 2 aliphatic heterocycles. The van der Waals surface area contributed by atoms with Crippen molar-refractivity contribution in [3.05, 3.63) is 30.1 Å². The number of likely N-dealkylation sites (tertiary alicyclic amines) is 2. The van der Waals surface area contributed by atoms with Gasteiger partial charge >= 0.3 is 0 Å². The predicted octanol–water partition coefficient (Wildman–Crippen LogP) is 2.13. The maximum Gasteiger partial charge on any atom is 0.238 e. The molecule has 1 amide bonds. The maximum absolute atomic E-state index is 13.0. The summed E-state index contributed by atoms with van der Waals surface area (Å²) >= 11 is -1.10. The number of benzene rings is 1. The number of piperidine rings is 2. The molecule has 1 aromatic rings. The summed E-state index contributed by atoms with van der Waals surface area (Å²) in [5.41, 5.74) is 5.35. The fourth-order valence-electron chi connectivity index (χ4n) is 4.31. The van der Waals surface area contributed by atoms with Crippen LogP contribution < -0.4 is 5.73 Å². The minimum Gasteiger partial charge on any atom is -0.611 e. The third-order valence-corrected chi connectivity index (χ3v) is 7.44. The van der Waals surface area contributed by atoms with E-state index in [1.54, 1.807) is 12.1 Å². The van der Waals surface area contributed by atoms with E-state index in [1.807, 2.05) is 0 Å². The second-order valence-electron chi connectivity index (χ2n) is 7.64. The van der Waals surface area contributed by atoms with Gasteiger partial charge in [0.1, 0.15) is 17.1 Å². The molecule has 7 heteroatoms. The van der Waals surface area contributed by atoms with Crippen LogP contribution in [-0.2, 0) is 16.0 Å². The SMILES string of the molecule is NC(=O)C1(N2CCCCC2)CCN(CCC[S+]([O-])c2ccc(F)cc2)CC1. The van der Waals surface area contributed by atoms with Gasteiger partial charge in [0.15, 0.2) is 4.90 Å².